The zero-order valence-electron chi connectivity index (χ0n) is 12.3. The summed E-state index contributed by atoms with van der Waals surface area (Å²) in [7, 11) is 0. The molecule has 4 heteroatoms. The van der Waals surface area contributed by atoms with Gasteiger partial charge in [-0.15, -0.1) is 0 Å². The van der Waals surface area contributed by atoms with Crippen LogP contribution in [0.5, 0.6) is 0 Å². The lowest BCUT2D eigenvalue weighted by molar-refractivity contribution is -0.133. The summed E-state index contributed by atoms with van der Waals surface area (Å²) < 4.78 is 1.52. The van der Waals surface area contributed by atoms with Crippen molar-refractivity contribution in [1.82, 2.24) is 9.47 Å². The van der Waals surface area contributed by atoms with Crippen molar-refractivity contribution in [3.8, 4) is 0 Å². The number of fused-ring (bicyclic) bond motifs is 1. The summed E-state index contributed by atoms with van der Waals surface area (Å²) in [5, 5.41) is 1.58. The average molecular weight is 284 g/mol. The van der Waals surface area contributed by atoms with E-state index >= 15 is 0 Å². The molecule has 1 fully saturated rings. The third-order valence-electron chi connectivity index (χ3n) is 4.33. The van der Waals surface area contributed by atoms with E-state index in [1.54, 1.807) is 12.3 Å². The molecule has 0 saturated carbocycles. The van der Waals surface area contributed by atoms with Crippen molar-refractivity contribution in [2.45, 2.75) is 26.3 Å². The van der Waals surface area contributed by atoms with E-state index in [0.29, 0.717) is 11.3 Å². The van der Waals surface area contributed by atoms with Gasteiger partial charge in [0.1, 0.15) is 6.54 Å². The smallest absolute Gasteiger partial charge is 0.258 e. The summed E-state index contributed by atoms with van der Waals surface area (Å²) in [4.78, 5) is 26.6. The molecule has 1 aliphatic rings. The average Bonchev–Trinajstić information content (AvgIpc) is 2.51. The summed E-state index contributed by atoms with van der Waals surface area (Å²) in [5.41, 5.74) is -0.0909. The Morgan fingerprint density at radius 2 is 1.90 bits per heavy atom. The lowest BCUT2D eigenvalue weighted by atomic mass is 9.99. The number of amides is 1. The van der Waals surface area contributed by atoms with Gasteiger partial charge in [-0.1, -0.05) is 25.1 Å². The van der Waals surface area contributed by atoms with Crippen LogP contribution in [0.15, 0.2) is 41.3 Å². The van der Waals surface area contributed by atoms with Gasteiger partial charge in [-0.3, -0.25) is 9.59 Å². The lowest BCUT2D eigenvalue weighted by Crippen LogP contribution is -2.41. The summed E-state index contributed by atoms with van der Waals surface area (Å²) in [5.74, 6) is 0.733. The van der Waals surface area contributed by atoms with Gasteiger partial charge in [0.05, 0.1) is 0 Å². The molecule has 0 spiro atoms. The van der Waals surface area contributed by atoms with Gasteiger partial charge in [0.15, 0.2) is 0 Å². The third kappa shape index (κ3) is 2.84. The van der Waals surface area contributed by atoms with Crippen LogP contribution in [0.4, 0.5) is 0 Å². The highest BCUT2D eigenvalue weighted by Gasteiger charge is 2.20. The lowest BCUT2D eigenvalue weighted by Gasteiger charge is -2.30. The number of likely N-dealkylation sites (tertiary alicyclic amines) is 1. The second-order valence-electron chi connectivity index (χ2n) is 5.90. The standard InChI is InChI=1S/C17H20N2O2/c1-13-6-9-18(10-7-13)16(20)12-19-11-8-14-4-2-3-5-15(14)17(19)21/h2-5,8,11,13H,6-7,9-10,12H2,1H3. The summed E-state index contributed by atoms with van der Waals surface area (Å²) in [6, 6.07) is 9.37. The zero-order chi connectivity index (χ0) is 14.8. The Kier molecular flexibility index (Phi) is 3.78. The molecule has 0 atom stereocenters. The number of piperidine rings is 1. The number of nitrogens with zero attached hydrogens (tertiary/aromatic N) is 2. The van der Waals surface area contributed by atoms with Crippen molar-refractivity contribution in [3.05, 3.63) is 46.9 Å². The predicted molar refractivity (Wildman–Crippen MR) is 83.2 cm³/mol. The van der Waals surface area contributed by atoms with E-state index in [0.717, 1.165) is 31.3 Å². The monoisotopic (exact) mass is 284 g/mol. The fraction of sp³-hybridized carbons (Fsp3) is 0.412. The van der Waals surface area contributed by atoms with E-state index in [-0.39, 0.29) is 18.0 Å². The molecule has 4 nitrogen and oxygen atoms in total. The van der Waals surface area contributed by atoms with Gasteiger partial charge >= 0.3 is 0 Å². The van der Waals surface area contributed by atoms with Crippen LogP contribution in [-0.2, 0) is 11.3 Å². The second-order valence-corrected chi connectivity index (χ2v) is 5.90. The van der Waals surface area contributed by atoms with Crippen LogP contribution < -0.4 is 5.56 Å². The number of aromatic nitrogens is 1. The van der Waals surface area contributed by atoms with E-state index in [1.165, 1.54) is 4.57 Å². The van der Waals surface area contributed by atoms with Gasteiger partial charge in [0, 0.05) is 24.7 Å². The van der Waals surface area contributed by atoms with Crippen LogP contribution in [0, 0.1) is 5.92 Å². The first kappa shape index (κ1) is 13.9. The molecule has 2 aromatic rings. The van der Waals surface area contributed by atoms with Crippen molar-refractivity contribution in [1.29, 1.82) is 0 Å². The van der Waals surface area contributed by atoms with E-state index < -0.39 is 0 Å². The molecule has 0 bridgehead atoms. The molecule has 0 unspecified atom stereocenters. The first-order valence-corrected chi connectivity index (χ1v) is 7.51. The fourth-order valence-corrected chi connectivity index (χ4v) is 2.86. The van der Waals surface area contributed by atoms with Gasteiger partial charge in [-0.25, -0.2) is 0 Å². The normalized spacial score (nSPS) is 16.3. The number of carbonyl (C=O) groups excluding carboxylic acids is 1. The Morgan fingerprint density at radius 1 is 1.19 bits per heavy atom. The Hall–Kier alpha value is -2.10. The van der Waals surface area contributed by atoms with Crippen LogP contribution in [0.2, 0.25) is 0 Å². The molecule has 0 aliphatic carbocycles. The molecule has 110 valence electrons. The zero-order valence-corrected chi connectivity index (χ0v) is 12.3. The Balaban J connectivity index is 1.80. The number of rotatable bonds is 2. The van der Waals surface area contributed by atoms with Gasteiger partial charge in [-0.2, -0.15) is 0 Å². The van der Waals surface area contributed by atoms with E-state index in [9.17, 15) is 9.59 Å². The highest BCUT2D eigenvalue weighted by Crippen LogP contribution is 2.16. The SMILES string of the molecule is CC1CCN(C(=O)Cn2ccc3ccccc3c2=O)CC1. The number of benzene rings is 1. The quantitative estimate of drug-likeness (QED) is 0.849. The molecule has 21 heavy (non-hydrogen) atoms. The predicted octanol–water partition coefficient (Wildman–Crippen LogP) is 2.26. The molecule has 1 aromatic heterocycles. The summed E-state index contributed by atoms with van der Waals surface area (Å²) in [6.45, 7) is 3.97. The largest absolute Gasteiger partial charge is 0.341 e. The summed E-state index contributed by atoms with van der Waals surface area (Å²) in [6.07, 6.45) is 3.83. The fourth-order valence-electron chi connectivity index (χ4n) is 2.86. The molecular weight excluding hydrogens is 264 g/mol. The number of pyridine rings is 1. The Bertz CT molecular complexity index is 712. The van der Waals surface area contributed by atoms with E-state index in [2.05, 4.69) is 6.92 Å². The Labute approximate surface area is 124 Å². The van der Waals surface area contributed by atoms with Crippen LogP contribution in [0.3, 0.4) is 0 Å². The van der Waals surface area contributed by atoms with Crippen molar-refractivity contribution in [2.75, 3.05) is 13.1 Å². The first-order valence-electron chi connectivity index (χ1n) is 7.51. The van der Waals surface area contributed by atoms with Gasteiger partial charge in [-0.05, 0) is 36.3 Å². The molecular formula is C17H20N2O2. The molecule has 0 radical (unpaired) electrons. The van der Waals surface area contributed by atoms with Crippen molar-refractivity contribution >= 4 is 16.7 Å². The number of hydrogen-bond donors (Lipinski definition) is 0. The number of hydrogen-bond acceptors (Lipinski definition) is 2. The molecule has 2 heterocycles. The second kappa shape index (κ2) is 5.72. The van der Waals surface area contributed by atoms with Crippen LogP contribution in [-0.4, -0.2) is 28.5 Å². The van der Waals surface area contributed by atoms with E-state index in [4.69, 9.17) is 0 Å². The Morgan fingerprint density at radius 3 is 2.67 bits per heavy atom. The van der Waals surface area contributed by atoms with Gasteiger partial charge < -0.3 is 9.47 Å². The van der Waals surface area contributed by atoms with E-state index in [1.807, 2.05) is 29.2 Å². The van der Waals surface area contributed by atoms with Gasteiger partial charge in [0.2, 0.25) is 5.91 Å². The van der Waals surface area contributed by atoms with Crippen molar-refractivity contribution in [2.24, 2.45) is 5.92 Å². The van der Waals surface area contributed by atoms with Crippen LogP contribution in [0.25, 0.3) is 10.8 Å². The molecule has 3 rings (SSSR count). The van der Waals surface area contributed by atoms with Crippen LogP contribution in [0.1, 0.15) is 19.8 Å². The highest BCUT2D eigenvalue weighted by atomic mass is 16.2. The van der Waals surface area contributed by atoms with Crippen molar-refractivity contribution < 1.29 is 4.79 Å². The minimum absolute atomic E-state index is 0.0410. The maximum Gasteiger partial charge on any atom is 0.258 e. The minimum Gasteiger partial charge on any atom is -0.341 e. The maximum absolute atomic E-state index is 12.4. The molecule has 1 amide bonds. The highest BCUT2D eigenvalue weighted by molar-refractivity contribution is 5.82. The number of carbonyl (C=O) groups is 1. The van der Waals surface area contributed by atoms with Crippen molar-refractivity contribution in [3.63, 3.8) is 0 Å². The first-order chi connectivity index (χ1) is 10.1. The van der Waals surface area contributed by atoms with Crippen LogP contribution >= 0.6 is 0 Å². The summed E-state index contributed by atoms with van der Waals surface area (Å²) >= 11 is 0. The molecule has 1 aromatic carbocycles. The topological polar surface area (TPSA) is 42.3 Å². The minimum atomic E-state index is -0.0909. The van der Waals surface area contributed by atoms with Gasteiger partial charge in [0.25, 0.3) is 5.56 Å². The maximum atomic E-state index is 12.4. The molecule has 1 aliphatic heterocycles. The third-order valence-corrected chi connectivity index (χ3v) is 4.33. The molecule has 0 N–H and O–H groups in total. The molecule has 1 saturated heterocycles.